The number of thioether (sulfide) groups is 1. The molecule has 0 radical (unpaired) electrons. The van der Waals surface area contributed by atoms with E-state index >= 15 is 0 Å². The summed E-state index contributed by atoms with van der Waals surface area (Å²) in [6, 6.07) is 4.55. The van der Waals surface area contributed by atoms with Gasteiger partial charge in [0.25, 0.3) is 0 Å². The molecule has 1 rings (SSSR count). The van der Waals surface area contributed by atoms with Crippen LogP contribution in [0.3, 0.4) is 0 Å². The number of phenolic OH excluding ortho intramolecular Hbond substituents is 1. The fourth-order valence-electron chi connectivity index (χ4n) is 1.46. The highest BCUT2D eigenvalue weighted by Crippen LogP contribution is 2.27. The number of thiocarbonyl (C=S) groups is 1. The maximum Gasteiger partial charge on any atom is 0.136 e. The highest BCUT2D eigenvalue weighted by molar-refractivity contribution is 8.22. The van der Waals surface area contributed by atoms with Gasteiger partial charge in [-0.1, -0.05) is 24.0 Å². The Morgan fingerprint density at radius 2 is 2.11 bits per heavy atom. The summed E-state index contributed by atoms with van der Waals surface area (Å²) in [4.78, 5) is 12.5. The third-order valence-electron chi connectivity index (χ3n) is 2.54. The van der Waals surface area contributed by atoms with E-state index in [2.05, 4.69) is 10.1 Å². The van der Waals surface area contributed by atoms with Crippen LogP contribution >= 0.6 is 24.0 Å². The molecule has 6 heteroatoms. The maximum atomic E-state index is 10.4. The van der Waals surface area contributed by atoms with Gasteiger partial charge in [-0.3, -0.25) is 0 Å². The van der Waals surface area contributed by atoms with Crippen molar-refractivity contribution in [3.63, 3.8) is 0 Å². The highest BCUT2D eigenvalue weighted by atomic mass is 32.2. The normalized spacial score (nSPS) is 10.1. The smallest absolute Gasteiger partial charge is 0.136 e. The Bertz CT molecular complexity index is 434. The Morgan fingerprint density at radius 1 is 1.44 bits per heavy atom. The number of aromatic hydroxyl groups is 1. The Morgan fingerprint density at radius 3 is 2.67 bits per heavy atom. The van der Waals surface area contributed by atoms with Crippen molar-refractivity contribution in [3.8, 4) is 5.75 Å². The molecule has 0 aliphatic carbocycles. The molecule has 1 aromatic rings. The Kier molecular flexibility index (Phi) is 6.07. The zero-order valence-corrected chi connectivity index (χ0v) is 12.1. The molecule has 0 spiro atoms. The summed E-state index contributed by atoms with van der Waals surface area (Å²) in [7, 11) is 0. The first-order chi connectivity index (χ1) is 8.62. The molecule has 0 aliphatic heterocycles. The van der Waals surface area contributed by atoms with Gasteiger partial charge >= 0.3 is 0 Å². The molecule has 0 heterocycles. The van der Waals surface area contributed by atoms with Crippen LogP contribution < -0.4 is 0 Å². The number of benzene rings is 1. The molecule has 1 aromatic carbocycles. The Hall–Kier alpha value is -1.14. The molecule has 1 N–H and O–H groups in total. The molecule has 0 saturated heterocycles. The predicted octanol–water partition coefficient (Wildman–Crippen LogP) is 3.65. The lowest BCUT2D eigenvalue weighted by molar-refractivity contribution is 0.470. The number of hydrogen-bond acceptors (Lipinski definition) is 5. The topological polar surface area (TPSA) is 52.9 Å². The Labute approximate surface area is 116 Å². The third-order valence-corrected chi connectivity index (χ3v) is 4.11. The van der Waals surface area contributed by atoms with Crippen molar-refractivity contribution in [2.24, 2.45) is 5.18 Å². The van der Waals surface area contributed by atoms with Gasteiger partial charge in [0.15, 0.2) is 0 Å². The molecular formula is C12H16N2O2S2. The standard InChI is InChI=1S/C12H16N2O2S2/c1-3-14(4-2)12(17)18-8-9-7-10(13-16)5-6-11(9)15/h5-7,15H,3-4,8H2,1-2H3. The molecule has 0 bridgehead atoms. The minimum absolute atomic E-state index is 0.164. The SMILES string of the molecule is CCN(CC)C(=S)SCc1cc(N=O)ccc1O. The molecule has 0 aromatic heterocycles. The lowest BCUT2D eigenvalue weighted by Crippen LogP contribution is -2.26. The molecule has 4 nitrogen and oxygen atoms in total. The van der Waals surface area contributed by atoms with Crippen molar-refractivity contribution in [1.82, 2.24) is 4.90 Å². The molecule has 18 heavy (non-hydrogen) atoms. The van der Waals surface area contributed by atoms with Crippen LogP contribution in [-0.2, 0) is 5.75 Å². The van der Waals surface area contributed by atoms with E-state index in [4.69, 9.17) is 12.2 Å². The van der Waals surface area contributed by atoms with Gasteiger partial charge in [-0.2, -0.15) is 0 Å². The quantitative estimate of drug-likeness (QED) is 0.660. The van der Waals surface area contributed by atoms with Crippen molar-refractivity contribution in [1.29, 1.82) is 0 Å². The van der Waals surface area contributed by atoms with Crippen LogP contribution in [0.2, 0.25) is 0 Å². The first-order valence-electron chi connectivity index (χ1n) is 5.69. The average molecular weight is 284 g/mol. The summed E-state index contributed by atoms with van der Waals surface area (Å²) >= 11 is 6.77. The van der Waals surface area contributed by atoms with Crippen molar-refractivity contribution >= 4 is 34.0 Å². The van der Waals surface area contributed by atoms with E-state index in [0.29, 0.717) is 17.0 Å². The van der Waals surface area contributed by atoms with Gasteiger partial charge in [0, 0.05) is 24.4 Å². The van der Waals surface area contributed by atoms with Gasteiger partial charge in [0.1, 0.15) is 15.8 Å². The lowest BCUT2D eigenvalue weighted by atomic mass is 10.2. The van der Waals surface area contributed by atoms with Crippen molar-refractivity contribution in [2.75, 3.05) is 13.1 Å². The third kappa shape index (κ3) is 3.96. The monoisotopic (exact) mass is 284 g/mol. The van der Waals surface area contributed by atoms with Crippen LogP contribution in [0.15, 0.2) is 23.4 Å². The van der Waals surface area contributed by atoms with Gasteiger partial charge < -0.3 is 10.0 Å². The molecule has 0 aliphatic rings. The number of phenols is 1. The fraction of sp³-hybridized carbons (Fsp3) is 0.417. The Balaban J connectivity index is 2.68. The zero-order chi connectivity index (χ0) is 13.5. The van der Waals surface area contributed by atoms with Crippen LogP contribution in [0, 0.1) is 4.91 Å². The second-order valence-electron chi connectivity index (χ2n) is 3.63. The molecule has 0 amide bonds. The number of nitroso groups, excluding NO2 is 1. The van der Waals surface area contributed by atoms with Crippen LogP contribution in [0.5, 0.6) is 5.75 Å². The molecule has 0 unspecified atom stereocenters. The summed E-state index contributed by atoms with van der Waals surface area (Å²) in [6.07, 6.45) is 0. The summed E-state index contributed by atoms with van der Waals surface area (Å²) in [5.41, 5.74) is 0.990. The molecule has 0 saturated carbocycles. The highest BCUT2D eigenvalue weighted by Gasteiger charge is 2.09. The molecule has 0 fully saturated rings. The molecule has 98 valence electrons. The van der Waals surface area contributed by atoms with Gasteiger partial charge in [0.2, 0.25) is 0 Å². The van der Waals surface area contributed by atoms with E-state index in [0.717, 1.165) is 17.4 Å². The zero-order valence-electron chi connectivity index (χ0n) is 10.4. The van der Waals surface area contributed by atoms with E-state index < -0.39 is 0 Å². The van der Waals surface area contributed by atoms with Gasteiger partial charge in [-0.25, -0.2) is 0 Å². The first-order valence-corrected chi connectivity index (χ1v) is 7.08. The second kappa shape index (κ2) is 7.33. The number of hydrogen-bond donors (Lipinski definition) is 1. The van der Waals surface area contributed by atoms with E-state index in [-0.39, 0.29) is 5.75 Å². The van der Waals surface area contributed by atoms with Crippen molar-refractivity contribution in [3.05, 3.63) is 28.7 Å². The van der Waals surface area contributed by atoms with Crippen LogP contribution in [0.4, 0.5) is 5.69 Å². The van der Waals surface area contributed by atoms with Gasteiger partial charge in [-0.05, 0) is 37.2 Å². The van der Waals surface area contributed by atoms with E-state index in [1.807, 2.05) is 13.8 Å². The van der Waals surface area contributed by atoms with Crippen molar-refractivity contribution in [2.45, 2.75) is 19.6 Å². The van der Waals surface area contributed by atoms with Crippen molar-refractivity contribution < 1.29 is 5.11 Å². The minimum atomic E-state index is 0.164. The summed E-state index contributed by atoms with van der Waals surface area (Å²) in [6.45, 7) is 5.82. The van der Waals surface area contributed by atoms with Crippen LogP contribution in [0.25, 0.3) is 0 Å². The largest absolute Gasteiger partial charge is 0.508 e. The number of rotatable bonds is 5. The van der Waals surface area contributed by atoms with Gasteiger partial charge in [0.05, 0.1) is 0 Å². The molecule has 0 atom stereocenters. The average Bonchev–Trinajstić information content (AvgIpc) is 2.39. The summed E-state index contributed by atoms with van der Waals surface area (Å²) in [5, 5.41) is 12.5. The second-order valence-corrected chi connectivity index (χ2v) is 5.24. The maximum absolute atomic E-state index is 10.4. The van der Waals surface area contributed by atoms with E-state index in [1.165, 1.54) is 23.9 Å². The first kappa shape index (κ1) is 14.9. The molecular weight excluding hydrogens is 268 g/mol. The van der Waals surface area contributed by atoms with Gasteiger partial charge in [-0.15, -0.1) is 4.91 Å². The minimum Gasteiger partial charge on any atom is -0.508 e. The van der Waals surface area contributed by atoms with E-state index in [9.17, 15) is 10.0 Å². The lowest BCUT2D eigenvalue weighted by Gasteiger charge is -2.20. The van der Waals surface area contributed by atoms with Crippen LogP contribution in [-0.4, -0.2) is 27.4 Å². The van der Waals surface area contributed by atoms with Crippen LogP contribution in [0.1, 0.15) is 19.4 Å². The number of nitrogens with zero attached hydrogens (tertiary/aromatic N) is 2. The summed E-state index contributed by atoms with van der Waals surface area (Å²) in [5.74, 6) is 0.696. The van der Waals surface area contributed by atoms with E-state index in [1.54, 1.807) is 6.07 Å². The predicted molar refractivity (Wildman–Crippen MR) is 80.4 cm³/mol. The fourth-order valence-corrected chi connectivity index (χ4v) is 2.84. The summed E-state index contributed by atoms with van der Waals surface area (Å²) < 4.78 is 0.795.